The first kappa shape index (κ1) is 16.1. The number of hydrogen-bond donors (Lipinski definition) is 0. The van der Waals surface area contributed by atoms with Gasteiger partial charge in [-0.2, -0.15) is 0 Å². The second kappa shape index (κ2) is 7.11. The minimum atomic E-state index is -0.721. The fourth-order valence-electron chi connectivity index (χ4n) is 2.09. The van der Waals surface area contributed by atoms with Crippen molar-refractivity contribution in [1.82, 2.24) is 4.90 Å². The molecule has 0 aliphatic carbocycles. The van der Waals surface area contributed by atoms with E-state index in [9.17, 15) is 9.59 Å². The molecule has 0 bridgehead atoms. The smallest absolute Gasteiger partial charge is 0.336 e. The highest BCUT2D eigenvalue weighted by atomic mass is 35.5. The van der Waals surface area contributed by atoms with Gasteiger partial charge in [0.05, 0.1) is 36.7 Å². The molecule has 5 nitrogen and oxygen atoms in total. The van der Waals surface area contributed by atoms with E-state index >= 15 is 0 Å². The van der Waals surface area contributed by atoms with Crippen molar-refractivity contribution in [2.24, 2.45) is 0 Å². The standard InChI is InChI=1S/C14H15Cl2NO4/c1-20-14(19)12-8-17(4-5-21-12)13(18)7-9-2-3-10(15)11(16)6-9/h2-3,6,12H,4-5,7-8H2,1H3. The minimum absolute atomic E-state index is 0.0920. The van der Waals surface area contributed by atoms with E-state index in [0.717, 1.165) is 5.56 Å². The Kier molecular flexibility index (Phi) is 5.45. The maximum absolute atomic E-state index is 12.3. The molecule has 1 amide bonds. The summed E-state index contributed by atoms with van der Waals surface area (Å²) in [4.78, 5) is 25.3. The molecule has 1 aromatic rings. The van der Waals surface area contributed by atoms with Gasteiger partial charge >= 0.3 is 5.97 Å². The lowest BCUT2D eigenvalue weighted by molar-refractivity contribution is -0.162. The van der Waals surface area contributed by atoms with Crippen molar-refractivity contribution in [3.8, 4) is 0 Å². The molecule has 1 aromatic carbocycles. The van der Waals surface area contributed by atoms with Gasteiger partial charge in [-0.15, -0.1) is 0 Å². The molecular formula is C14H15Cl2NO4. The van der Waals surface area contributed by atoms with Crippen LogP contribution in [0.25, 0.3) is 0 Å². The highest BCUT2D eigenvalue weighted by Gasteiger charge is 2.29. The summed E-state index contributed by atoms with van der Waals surface area (Å²) in [7, 11) is 1.29. The summed E-state index contributed by atoms with van der Waals surface area (Å²) in [5.74, 6) is -0.562. The number of nitrogens with zero attached hydrogens (tertiary/aromatic N) is 1. The summed E-state index contributed by atoms with van der Waals surface area (Å²) in [5.41, 5.74) is 0.774. The molecular weight excluding hydrogens is 317 g/mol. The number of carbonyl (C=O) groups is 2. The van der Waals surface area contributed by atoms with Crippen molar-refractivity contribution in [3.05, 3.63) is 33.8 Å². The molecule has 0 spiro atoms. The van der Waals surface area contributed by atoms with Crippen LogP contribution in [0.3, 0.4) is 0 Å². The van der Waals surface area contributed by atoms with Crippen LogP contribution in [-0.2, 0) is 25.5 Å². The van der Waals surface area contributed by atoms with Crippen LogP contribution in [0.4, 0.5) is 0 Å². The molecule has 0 N–H and O–H groups in total. The molecule has 0 saturated carbocycles. The highest BCUT2D eigenvalue weighted by Crippen LogP contribution is 2.23. The Balaban J connectivity index is 1.99. The Hall–Kier alpha value is -1.30. The number of methoxy groups -OCH3 is 1. The summed E-state index contributed by atoms with van der Waals surface area (Å²) >= 11 is 11.8. The summed E-state index contributed by atoms with van der Waals surface area (Å²) in [5, 5.41) is 0.862. The molecule has 1 aliphatic heterocycles. The van der Waals surface area contributed by atoms with E-state index in [2.05, 4.69) is 4.74 Å². The fourth-order valence-corrected chi connectivity index (χ4v) is 2.41. The van der Waals surface area contributed by atoms with E-state index in [0.29, 0.717) is 23.2 Å². The normalized spacial score (nSPS) is 18.4. The van der Waals surface area contributed by atoms with Crippen LogP contribution in [0.15, 0.2) is 18.2 Å². The van der Waals surface area contributed by atoms with Crippen molar-refractivity contribution in [1.29, 1.82) is 0 Å². The lowest BCUT2D eigenvalue weighted by atomic mass is 10.1. The first-order chi connectivity index (χ1) is 10.0. The molecule has 1 fully saturated rings. The van der Waals surface area contributed by atoms with Gasteiger partial charge < -0.3 is 14.4 Å². The molecule has 1 heterocycles. The SMILES string of the molecule is COC(=O)C1CN(C(=O)Cc2ccc(Cl)c(Cl)c2)CCO1. The molecule has 1 unspecified atom stereocenters. The Bertz CT molecular complexity index is 550. The van der Waals surface area contributed by atoms with E-state index in [1.165, 1.54) is 7.11 Å². The largest absolute Gasteiger partial charge is 0.467 e. The molecule has 1 atom stereocenters. The third-order valence-corrected chi connectivity index (χ3v) is 3.96. The van der Waals surface area contributed by atoms with Gasteiger partial charge in [-0.05, 0) is 17.7 Å². The average Bonchev–Trinajstić information content (AvgIpc) is 2.50. The molecule has 0 radical (unpaired) electrons. The van der Waals surface area contributed by atoms with E-state index in [1.54, 1.807) is 23.1 Å². The molecule has 0 aromatic heterocycles. The van der Waals surface area contributed by atoms with Crippen molar-refractivity contribution in [3.63, 3.8) is 0 Å². The summed E-state index contributed by atoms with van der Waals surface area (Å²) in [6, 6.07) is 5.08. The molecule has 1 saturated heterocycles. The monoisotopic (exact) mass is 331 g/mol. The second-order valence-corrected chi connectivity index (χ2v) is 5.46. The third-order valence-electron chi connectivity index (χ3n) is 3.22. The molecule has 114 valence electrons. The fraction of sp³-hybridized carbons (Fsp3) is 0.429. The van der Waals surface area contributed by atoms with Gasteiger partial charge in [0.1, 0.15) is 0 Å². The van der Waals surface area contributed by atoms with Gasteiger partial charge in [0, 0.05) is 6.54 Å². The number of ether oxygens (including phenoxy) is 2. The van der Waals surface area contributed by atoms with Gasteiger partial charge in [-0.3, -0.25) is 4.79 Å². The van der Waals surface area contributed by atoms with Gasteiger partial charge in [0.25, 0.3) is 0 Å². The number of esters is 1. The van der Waals surface area contributed by atoms with Gasteiger partial charge in [0.2, 0.25) is 5.91 Å². The highest BCUT2D eigenvalue weighted by molar-refractivity contribution is 6.42. The van der Waals surface area contributed by atoms with Crippen LogP contribution < -0.4 is 0 Å². The number of rotatable bonds is 3. The van der Waals surface area contributed by atoms with Crippen LogP contribution >= 0.6 is 23.2 Å². The van der Waals surface area contributed by atoms with Crippen molar-refractivity contribution < 1.29 is 19.1 Å². The number of hydrogen-bond acceptors (Lipinski definition) is 4. The lowest BCUT2D eigenvalue weighted by Gasteiger charge is -2.31. The zero-order chi connectivity index (χ0) is 15.4. The quantitative estimate of drug-likeness (QED) is 0.794. The van der Waals surface area contributed by atoms with Crippen LogP contribution in [0.1, 0.15) is 5.56 Å². The van der Waals surface area contributed by atoms with Crippen LogP contribution in [0, 0.1) is 0 Å². The first-order valence-electron chi connectivity index (χ1n) is 6.42. The third kappa shape index (κ3) is 4.09. The molecule has 7 heteroatoms. The Morgan fingerprint density at radius 2 is 2.14 bits per heavy atom. The average molecular weight is 332 g/mol. The van der Waals surface area contributed by atoms with Gasteiger partial charge in [0.15, 0.2) is 6.10 Å². The van der Waals surface area contributed by atoms with E-state index in [-0.39, 0.29) is 18.9 Å². The zero-order valence-electron chi connectivity index (χ0n) is 11.5. The Labute approximate surface area is 132 Å². The predicted molar refractivity (Wildman–Crippen MR) is 78.5 cm³/mol. The van der Waals surface area contributed by atoms with E-state index in [1.807, 2.05) is 0 Å². The summed E-state index contributed by atoms with van der Waals surface area (Å²) < 4.78 is 9.92. The number of carbonyl (C=O) groups excluding carboxylic acids is 2. The van der Waals surface area contributed by atoms with Crippen LogP contribution in [-0.4, -0.2) is 49.7 Å². The van der Waals surface area contributed by atoms with Gasteiger partial charge in [-0.1, -0.05) is 29.3 Å². The van der Waals surface area contributed by atoms with Crippen molar-refractivity contribution in [2.45, 2.75) is 12.5 Å². The van der Waals surface area contributed by atoms with Crippen molar-refractivity contribution >= 4 is 35.1 Å². The number of amides is 1. The zero-order valence-corrected chi connectivity index (χ0v) is 13.0. The first-order valence-corrected chi connectivity index (χ1v) is 7.18. The lowest BCUT2D eigenvalue weighted by Crippen LogP contribution is -2.49. The van der Waals surface area contributed by atoms with Crippen molar-refractivity contribution in [2.75, 3.05) is 26.8 Å². The van der Waals surface area contributed by atoms with Crippen LogP contribution in [0.2, 0.25) is 10.0 Å². The molecule has 2 rings (SSSR count). The topological polar surface area (TPSA) is 55.8 Å². The Morgan fingerprint density at radius 3 is 2.81 bits per heavy atom. The van der Waals surface area contributed by atoms with Crippen LogP contribution in [0.5, 0.6) is 0 Å². The molecule has 21 heavy (non-hydrogen) atoms. The maximum atomic E-state index is 12.3. The number of halogens is 2. The Morgan fingerprint density at radius 1 is 1.38 bits per heavy atom. The predicted octanol–water partition coefficient (Wildman–Crippen LogP) is 1.94. The summed E-state index contributed by atoms with van der Waals surface area (Å²) in [6.07, 6.45) is -0.522. The molecule has 1 aliphatic rings. The summed E-state index contributed by atoms with van der Waals surface area (Å²) in [6.45, 7) is 0.966. The second-order valence-electron chi connectivity index (χ2n) is 4.65. The van der Waals surface area contributed by atoms with Gasteiger partial charge in [-0.25, -0.2) is 4.79 Å². The number of morpholine rings is 1. The van der Waals surface area contributed by atoms with E-state index in [4.69, 9.17) is 27.9 Å². The number of benzene rings is 1. The maximum Gasteiger partial charge on any atom is 0.336 e. The van der Waals surface area contributed by atoms with E-state index < -0.39 is 12.1 Å². The minimum Gasteiger partial charge on any atom is -0.467 e.